The molecule has 0 saturated heterocycles. The number of hydrogen-bond acceptors (Lipinski definition) is 2. The molecule has 172 valence electrons. The van der Waals surface area contributed by atoms with Gasteiger partial charge in [0.05, 0.1) is 11.0 Å². The molecule has 0 aliphatic heterocycles. The van der Waals surface area contributed by atoms with E-state index in [9.17, 15) is 0 Å². The molecule has 0 N–H and O–H groups in total. The van der Waals surface area contributed by atoms with Crippen molar-refractivity contribution in [3.05, 3.63) is 121 Å². The van der Waals surface area contributed by atoms with Gasteiger partial charge in [-0.2, -0.15) is 0 Å². The van der Waals surface area contributed by atoms with E-state index >= 15 is 0 Å². The standard InChI is InChI=1S/C33H24N2O/c1-2-22-12-18-30-27(20-22)28-21-25(17-19-31(28)35(30)26-8-4-3-5-9-26)23-13-15-24(16-14-23)33-34-29-10-6-7-11-32(29)36-33/h3-21H,2H2,1H3. The van der Waals surface area contributed by atoms with E-state index in [0.29, 0.717) is 5.89 Å². The normalized spacial score (nSPS) is 11.6. The van der Waals surface area contributed by atoms with Gasteiger partial charge < -0.3 is 8.98 Å². The molecular weight excluding hydrogens is 440 g/mol. The Hall–Kier alpha value is -4.63. The maximum atomic E-state index is 5.96. The summed E-state index contributed by atoms with van der Waals surface area (Å²) in [6.07, 6.45) is 1.02. The van der Waals surface area contributed by atoms with Crippen LogP contribution in [0.2, 0.25) is 0 Å². The largest absolute Gasteiger partial charge is 0.436 e. The van der Waals surface area contributed by atoms with Crippen LogP contribution in [-0.4, -0.2) is 9.55 Å². The van der Waals surface area contributed by atoms with E-state index in [0.717, 1.165) is 23.1 Å². The zero-order valence-electron chi connectivity index (χ0n) is 20.0. The van der Waals surface area contributed by atoms with Crippen molar-refractivity contribution in [3.8, 4) is 28.3 Å². The second kappa shape index (κ2) is 8.24. The monoisotopic (exact) mass is 464 g/mol. The number of nitrogens with zero attached hydrogens (tertiary/aromatic N) is 2. The molecule has 3 nitrogen and oxygen atoms in total. The molecule has 7 aromatic rings. The molecule has 0 atom stereocenters. The maximum absolute atomic E-state index is 5.96. The molecule has 0 radical (unpaired) electrons. The molecule has 0 saturated carbocycles. The van der Waals surface area contributed by atoms with Gasteiger partial charge in [-0.15, -0.1) is 0 Å². The minimum absolute atomic E-state index is 0.649. The second-order valence-electron chi connectivity index (χ2n) is 9.17. The molecule has 2 aromatic heterocycles. The molecule has 0 bridgehead atoms. The lowest BCUT2D eigenvalue weighted by atomic mass is 10.0. The van der Waals surface area contributed by atoms with Gasteiger partial charge in [-0.25, -0.2) is 4.98 Å². The number of para-hydroxylation sites is 3. The van der Waals surface area contributed by atoms with Crippen LogP contribution in [-0.2, 0) is 6.42 Å². The summed E-state index contributed by atoms with van der Waals surface area (Å²) in [4.78, 5) is 4.64. The third-order valence-electron chi connectivity index (χ3n) is 7.01. The fourth-order valence-corrected chi connectivity index (χ4v) is 5.13. The van der Waals surface area contributed by atoms with E-state index in [1.165, 1.54) is 44.2 Å². The Morgan fingerprint density at radius 3 is 2.08 bits per heavy atom. The smallest absolute Gasteiger partial charge is 0.227 e. The number of rotatable bonds is 4. The number of aryl methyl sites for hydroxylation is 1. The highest BCUT2D eigenvalue weighted by Gasteiger charge is 2.14. The Bertz CT molecular complexity index is 1820. The van der Waals surface area contributed by atoms with E-state index < -0.39 is 0 Å². The molecule has 7 rings (SSSR count). The minimum atomic E-state index is 0.649. The van der Waals surface area contributed by atoms with Crippen LogP contribution >= 0.6 is 0 Å². The van der Waals surface area contributed by atoms with Gasteiger partial charge in [0.15, 0.2) is 5.58 Å². The van der Waals surface area contributed by atoms with E-state index in [4.69, 9.17) is 4.42 Å². The first-order valence-corrected chi connectivity index (χ1v) is 12.4. The fraction of sp³-hybridized carbons (Fsp3) is 0.0606. The number of fused-ring (bicyclic) bond motifs is 4. The first-order chi connectivity index (χ1) is 17.8. The van der Waals surface area contributed by atoms with Gasteiger partial charge in [-0.3, -0.25) is 0 Å². The van der Waals surface area contributed by atoms with Crippen molar-refractivity contribution in [2.45, 2.75) is 13.3 Å². The van der Waals surface area contributed by atoms with Crippen LogP contribution in [0.5, 0.6) is 0 Å². The van der Waals surface area contributed by atoms with Gasteiger partial charge in [0.25, 0.3) is 0 Å². The zero-order chi connectivity index (χ0) is 24.1. The average Bonchev–Trinajstić information content (AvgIpc) is 3.52. The van der Waals surface area contributed by atoms with Crippen LogP contribution in [0.3, 0.4) is 0 Å². The summed E-state index contributed by atoms with van der Waals surface area (Å²) in [6, 6.07) is 40.6. The Morgan fingerprint density at radius 2 is 1.31 bits per heavy atom. The van der Waals surface area contributed by atoms with E-state index in [1.807, 2.05) is 24.3 Å². The van der Waals surface area contributed by atoms with Gasteiger partial charge in [0.1, 0.15) is 5.52 Å². The summed E-state index contributed by atoms with van der Waals surface area (Å²) in [5, 5.41) is 2.56. The Labute approximate surface area is 209 Å². The highest BCUT2D eigenvalue weighted by molar-refractivity contribution is 6.10. The molecule has 0 unspecified atom stereocenters. The van der Waals surface area contributed by atoms with E-state index in [-0.39, 0.29) is 0 Å². The van der Waals surface area contributed by atoms with Crippen molar-refractivity contribution in [1.29, 1.82) is 0 Å². The summed E-state index contributed by atoms with van der Waals surface area (Å²) < 4.78 is 8.32. The summed E-state index contributed by atoms with van der Waals surface area (Å²) in [5.74, 6) is 0.649. The third-order valence-corrected chi connectivity index (χ3v) is 7.01. The van der Waals surface area contributed by atoms with Crippen molar-refractivity contribution in [3.63, 3.8) is 0 Å². The molecule has 2 heterocycles. The molecule has 0 spiro atoms. The van der Waals surface area contributed by atoms with Crippen LogP contribution in [0.1, 0.15) is 12.5 Å². The predicted octanol–water partition coefficient (Wildman–Crippen LogP) is 8.82. The van der Waals surface area contributed by atoms with Crippen molar-refractivity contribution in [2.24, 2.45) is 0 Å². The van der Waals surface area contributed by atoms with Crippen LogP contribution in [0.25, 0.3) is 61.2 Å². The summed E-state index contributed by atoms with van der Waals surface area (Å²) in [7, 11) is 0. The van der Waals surface area contributed by atoms with E-state index in [1.54, 1.807) is 0 Å². The predicted molar refractivity (Wildman–Crippen MR) is 149 cm³/mol. The number of aromatic nitrogens is 2. The molecule has 36 heavy (non-hydrogen) atoms. The van der Waals surface area contributed by atoms with Crippen molar-refractivity contribution in [2.75, 3.05) is 0 Å². The van der Waals surface area contributed by atoms with Crippen LogP contribution in [0.4, 0.5) is 0 Å². The van der Waals surface area contributed by atoms with Gasteiger partial charge >= 0.3 is 0 Å². The maximum Gasteiger partial charge on any atom is 0.227 e. The lowest BCUT2D eigenvalue weighted by Crippen LogP contribution is -1.93. The van der Waals surface area contributed by atoms with Crippen LogP contribution in [0, 0.1) is 0 Å². The molecule has 0 fully saturated rings. The quantitative estimate of drug-likeness (QED) is 0.260. The number of hydrogen-bond donors (Lipinski definition) is 0. The molecule has 0 aliphatic rings. The van der Waals surface area contributed by atoms with Gasteiger partial charge in [-0.1, -0.05) is 61.5 Å². The van der Waals surface area contributed by atoms with Crippen molar-refractivity contribution < 1.29 is 4.42 Å². The van der Waals surface area contributed by atoms with Crippen LogP contribution in [0.15, 0.2) is 120 Å². The molecule has 3 heteroatoms. The van der Waals surface area contributed by atoms with E-state index in [2.05, 4.69) is 107 Å². The lowest BCUT2D eigenvalue weighted by molar-refractivity contribution is 0.620. The molecule has 0 amide bonds. The Morgan fingerprint density at radius 1 is 0.639 bits per heavy atom. The Kier molecular flexibility index (Phi) is 4.74. The third kappa shape index (κ3) is 3.32. The number of benzene rings is 5. The summed E-state index contributed by atoms with van der Waals surface area (Å²) in [6.45, 7) is 2.21. The highest BCUT2D eigenvalue weighted by atomic mass is 16.3. The average molecular weight is 465 g/mol. The first kappa shape index (κ1) is 20.7. The van der Waals surface area contributed by atoms with Crippen LogP contribution < -0.4 is 0 Å². The minimum Gasteiger partial charge on any atom is -0.436 e. The van der Waals surface area contributed by atoms with Crippen molar-refractivity contribution in [1.82, 2.24) is 9.55 Å². The highest BCUT2D eigenvalue weighted by Crippen LogP contribution is 2.36. The number of oxazole rings is 1. The second-order valence-corrected chi connectivity index (χ2v) is 9.17. The lowest BCUT2D eigenvalue weighted by Gasteiger charge is -2.08. The fourth-order valence-electron chi connectivity index (χ4n) is 5.13. The molecule has 0 aliphatic carbocycles. The molecular formula is C33H24N2O. The van der Waals surface area contributed by atoms with Gasteiger partial charge in [0.2, 0.25) is 5.89 Å². The Balaban J connectivity index is 1.35. The van der Waals surface area contributed by atoms with Crippen molar-refractivity contribution >= 4 is 32.9 Å². The van der Waals surface area contributed by atoms with Gasteiger partial charge in [0, 0.05) is 22.0 Å². The van der Waals surface area contributed by atoms with Gasteiger partial charge in [-0.05, 0) is 83.8 Å². The zero-order valence-corrected chi connectivity index (χ0v) is 20.0. The topological polar surface area (TPSA) is 31.0 Å². The SMILES string of the molecule is CCc1ccc2c(c1)c1cc(-c3ccc(-c4nc5ccccc5o4)cc3)ccc1n2-c1ccccc1. The molecule has 5 aromatic carbocycles. The first-order valence-electron chi connectivity index (χ1n) is 12.4. The summed E-state index contributed by atoms with van der Waals surface area (Å²) in [5.41, 5.74) is 10.0. The summed E-state index contributed by atoms with van der Waals surface area (Å²) >= 11 is 0.